The average Bonchev–Trinajstić information content (AvgIpc) is 2.36. The molecule has 0 bridgehead atoms. The van der Waals surface area contributed by atoms with E-state index in [4.69, 9.17) is 4.74 Å². The summed E-state index contributed by atoms with van der Waals surface area (Å²) < 4.78 is 4.88. The molecular formula is C14H18N2O4. The number of H-pyrrole nitrogens is 1. The number of ketones is 1. The fourth-order valence-electron chi connectivity index (χ4n) is 1.53. The summed E-state index contributed by atoms with van der Waals surface area (Å²) >= 11 is 0. The van der Waals surface area contributed by atoms with Crippen LogP contribution in [0.25, 0.3) is 0 Å². The number of carbonyl (C=O) groups is 2. The number of rotatable bonds is 5. The van der Waals surface area contributed by atoms with E-state index in [0.717, 1.165) is 0 Å². The lowest BCUT2D eigenvalue weighted by atomic mass is 10.1. The lowest BCUT2D eigenvalue weighted by Crippen LogP contribution is -2.21. The molecule has 1 rings (SSSR count). The second-order valence-corrected chi connectivity index (χ2v) is 4.41. The molecule has 0 spiro atoms. The van der Waals surface area contributed by atoms with Crippen molar-refractivity contribution in [1.82, 2.24) is 9.88 Å². The zero-order chi connectivity index (χ0) is 15.3. The van der Waals surface area contributed by atoms with Crippen LogP contribution in [0.15, 0.2) is 23.1 Å². The highest BCUT2D eigenvalue weighted by molar-refractivity contribution is 6.05. The first-order valence-corrected chi connectivity index (χ1v) is 6.16. The molecule has 0 saturated heterocycles. The lowest BCUT2D eigenvalue weighted by molar-refractivity contribution is 0.0525. The van der Waals surface area contributed by atoms with Gasteiger partial charge in [0, 0.05) is 32.1 Å². The Kier molecular flexibility index (Phi) is 5.25. The van der Waals surface area contributed by atoms with Crippen molar-refractivity contribution in [3.05, 3.63) is 45.5 Å². The molecular weight excluding hydrogens is 260 g/mol. The van der Waals surface area contributed by atoms with Gasteiger partial charge in [-0.3, -0.25) is 9.59 Å². The molecule has 6 heteroatoms. The van der Waals surface area contributed by atoms with Crippen molar-refractivity contribution in [1.29, 1.82) is 0 Å². The topological polar surface area (TPSA) is 79.5 Å². The molecule has 0 saturated carbocycles. The Balaban J connectivity index is 3.21. The summed E-state index contributed by atoms with van der Waals surface area (Å²) in [6.07, 6.45) is 2.81. The molecule has 6 nitrogen and oxygen atoms in total. The van der Waals surface area contributed by atoms with Crippen LogP contribution in [0.1, 0.15) is 33.3 Å². The number of aromatic amines is 1. The van der Waals surface area contributed by atoms with Gasteiger partial charge in [-0.1, -0.05) is 0 Å². The van der Waals surface area contributed by atoms with Crippen LogP contribution in [0.3, 0.4) is 0 Å². The SMILES string of the molecule is CCOC(=O)c1cc(C(=O)/C=C/N(C)C)c(=O)[nH]c1C. The van der Waals surface area contributed by atoms with E-state index < -0.39 is 17.3 Å². The number of nitrogens with zero attached hydrogens (tertiary/aromatic N) is 1. The van der Waals surface area contributed by atoms with E-state index in [2.05, 4.69) is 4.98 Å². The minimum atomic E-state index is -0.563. The minimum absolute atomic E-state index is 0.0863. The Hall–Kier alpha value is -2.37. The fourth-order valence-corrected chi connectivity index (χ4v) is 1.53. The molecule has 0 aromatic carbocycles. The van der Waals surface area contributed by atoms with Crippen LogP contribution in [-0.4, -0.2) is 42.3 Å². The predicted molar refractivity (Wildman–Crippen MR) is 74.9 cm³/mol. The summed E-state index contributed by atoms with van der Waals surface area (Å²) in [7, 11) is 3.51. The van der Waals surface area contributed by atoms with Gasteiger partial charge in [-0.2, -0.15) is 0 Å². The number of esters is 1. The summed E-state index contributed by atoms with van der Waals surface area (Å²) in [5, 5.41) is 0. The highest BCUT2D eigenvalue weighted by Crippen LogP contribution is 2.08. The van der Waals surface area contributed by atoms with Crippen molar-refractivity contribution in [2.75, 3.05) is 20.7 Å². The molecule has 1 heterocycles. The second kappa shape index (κ2) is 6.70. The molecule has 1 N–H and O–H groups in total. The number of aromatic nitrogens is 1. The van der Waals surface area contributed by atoms with Gasteiger partial charge in [0.2, 0.25) is 0 Å². The molecule has 0 aliphatic rings. The third kappa shape index (κ3) is 3.81. The van der Waals surface area contributed by atoms with E-state index in [1.54, 1.807) is 32.8 Å². The van der Waals surface area contributed by atoms with E-state index in [9.17, 15) is 14.4 Å². The largest absolute Gasteiger partial charge is 0.462 e. The number of nitrogens with one attached hydrogen (secondary N) is 1. The molecule has 0 atom stereocenters. The van der Waals surface area contributed by atoms with Crippen LogP contribution < -0.4 is 5.56 Å². The van der Waals surface area contributed by atoms with Crippen LogP contribution >= 0.6 is 0 Å². The zero-order valence-electron chi connectivity index (χ0n) is 12.0. The second-order valence-electron chi connectivity index (χ2n) is 4.41. The number of hydrogen-bond donors (Lipinski definition) is 1. The third-order valence-electron chi connectivity index (χ3n) is 2.52. The number of ether oxygens (including phenoxy) is 1. The van der Waals surface area contributed by atoms with Crippen molar-refractivity contribution >= 4 is 11.8 Å². The molecule has 1 aromatic heterocycles. The monoisotopic (exact) mass is 278 g/mol. The van der Waals surface area contributed by atoms with Gasteiger partial charge in [-0.05, 0) is 19.9 Å². The Morgan fingerprint density at radius 1 is 1.35 bits per heavy atom. The number of hydrogen-bond acceptors (Lipinski definition) is 5. The van der Waals surface area contributed by atoms with E-state index in [-0.39, 0.29) is 17.7 Å². The molecule has 0 aliphatic carbocycles. The van der Waals surface area contributed by atoms with Crippen LogP contribution in [0.4, 0.5) is 0 Å². The maximum absolute atomic E-state index is 11.9. The van der Waals surface area contributed by atoms with E-state index >= 15 is 0 Å². The minimum Gasteiger partial charge on any atom is -0.462 e. The normalized spacial score (nSPS) is 10.6. The Morgan fingerprint density at radius 2 is 2.00 bits per heavy atom. The van der Waals surface area contributed by atoms with Crippen molar-refractivity contribution in [3.63, 3.8) is 0 Å². The molecule has 0 unspecified atom stereocenters. The number of pyridine rings is 1. The molecule has 20 heavy (non-hydrogen) atoms. The van der Waals surface area contributed by atoms with Gasteiger partial charge < -0.3 is 14.6 Å². The van der Waals surface area contributed by atoms with Crippen molar-refractivity contribution in [2.24, 2.45) is 0 Å². The average molecular weight is 278 g/mol. The van der Waals surface area contributed by atoms with Crippen LogP contribution in [0.2, 0.25) is 0 Å². The molecule has 1 aromatic rings. The number of carbonyl (C=O) groups excluding carboxylic acids is 2. The fraction of sp³-hybridized carbons (Fsp3) is 0.357. The number of aryl methyl sites for hydroxylation is 1. The summed E-state index contributed by atoms with van der Waals surface area (Å²) in [6, 6.07) is 1.27. The molecule has 0 radical (unpaired) electrons. The highest BCUT2D eigenvalue weighted by Gasteiger charge is 2.16. The summed E-state index contributed by atoms with van der Waals surface area (Å²) in [5.41, 5.74) is -0.0460. The van der Waals surface area contributed by atoms with Crippen LogP contribution in [-0.2, 0) is 4.74 Å². The van der Waals surface area contributed by atoms with Gasteiger partial charge in [0.25, 0.3) is 5.56 Å². The summed E-state index contributed by atoms with van der Waals surface area (Å²) in [6.45, 7) is 3.49. The van der Waals surface area contributed by atoms with Gasteiger partial charge in [-0.15, -0.1) is 0 Å². The van der Waals surface area contributed by atoms with Gasteiger partial charge >= 0.3 is 5.97 Å². The summed E-state index contributed by atoms with van der Waals surface area (Å²) in [4.78, 5) is 39.6. The molecule has 0 amide bonds. The van der Waals surface area contributed by atoms with Crippen molar-refractivity contribution in [2.45, 2.75) is 13.8 Å². The first kappa shape index (κ1) is 15.7. The smallest absolute Gasteiger partial charge is 0.339 e. The standard InChI is InChI=1S/C14H18N2O4/c1-5-20-14(19)10-8-11(13(18)15-9(10)2)12(17)6-7-16(3)4/h6-8H,5H2,1-4H3,(H,15,18)/b7-6+. The van der Waals surface area contributed by atoms with Gasteiger partial charge in [-0.25, -0.2) is 4.79 Å². The highest BCUT2D eigenvalue weighted by atomic mass is 16.5. The van der Waals surface area contributed by atoms with Gasteiger partial charge in [0.1, 0.15) is 0 Å². The van der Waals surface area contributed by atoms with Crippen molar-refractivity contribution in [3.8, 4) is 0 Å². The van der Waals surface area contributed by atoms with Crippen molar-refractivity contribution < 1.29 is 14.3 Å². The Labute approximate surface area is 117 Å². The van der Waals surface area contributed by atoms with Gasteiger partial charge in [0.15, 0.2) is 5.78 Å². The maximum Gasteiger partial charge on any atom is 0.339 e. The van der Waals surface area contributed by atoms with Crippen LogP contribution in [0.5, 0.6) is 0 Å². The Morgan fingerprint density at radius 3 is 2.55 bits per heavy atom. The van der Waals surface area contributed by atoms with E-state index in [1.165, 1.54) is 18.3 Å². The molecule has 0 fully saturated rings. The van der Waals surface area contributed by atoms with Gasteiger partial charge in [0.05, 0.1) is 17.7 Å². The Bertz CT molecular complexity index is 600. The quantitative estimate of drug-likeness (QED) is 0.496. The van der Waals surface area contributed by atoms with E-state index in [1.807, 2.05) is 0 Å². The first-order chi connectivity index (χ1) is 9.36. The molecule has 0 aliphatic heterocycles. The van der Waals surface area contributed by atoms with Crippen LogP contribution in [0, 0.1) is 6.92 Å². The lowest BCUT2D eigenvalue weighted by Gasteiger charge is -2.07. The third-order valence-corrected chi connectivity index (χ3v) is 2.52. The number of allylic oxidation sites excluding steroid dienone is 1. The maximum atomic E-state index is 11.9. The van der Waals surface area contributed by atoms with E-state index in [0.29, 0.717) is 5.69 Å². The summed E-state index contributed by atoms with van der Waals surface area (Å²) in [5.74, 6) is -1.03. The first-order valence-electron chi connectivity index (χ1n) is 6.16. The molecule has 108 valence electrons. The zero-order valence-corrected chi connectivity index (χ0v) is 12.0. The predicted octanol–water partition coefficient (Wildman–Crippen LogP) is 1.12.